The number of aromatic nitrogens is 1. The fourth-order valence-electron chi connectivity index (χ4n) is 3.02. The van der Waals surface area contributed by atoms with Gasteiger partial charge in [0.25, 0.3) is 0 Å². The lowest BCUT2D eigenvalue weighted by Crippen LogP contribution is -2.31. The molecule has 0 aliphatic heterocycles. The molecule has 0 radical (unpaired) electrons. The summed E-state index contributed by atoms with van der Waals surface area (Å²) in [6.45, 7) is 2.53. The number of amides is 1. The number of carbonyl (C=O) groups excluding carboxylic acids is 1. The summed E-state index contributed by atoms with van der Waals surface area (Å²) in [5.41, 5.74) is 3.42. The summed E-state index contributed by atoms with van der Waals surface area (Å²) in [4.78, 5) is 19.6. The van der Waals surface area contributed by atoms with E-state index in [1.54, 1.807) is 34.3 Å². The predicted molar refractivity (Wildman–Crippen MR) is 122 cm³/mol. The van der Waals surface area contributed by atoms with E-state index in [1.807, 2.05) is 36.4 Å². The van der Waals surface area contributed by atoms with Gasteiger partial charge in [0.15, 0.2) is 5.13 Å². The number of anilines is 1. The highest BCUT2D eigenvalue weighted by molar-refractivity contribution is 7.99. The second-order valence-electron chi connectivity index (χ2n) is 6.69. The van der Waals surface area contributed by atoms with E-state index in [1.165, 1.54) is 11.1 Å². The number of carbonyl (C=O) groups is 1. The SMILES string of the molecule is CCc1ccc2nc(N(Cc3ccco3)C(=O)CSCc3ccccc3)sc2c1. The Morgan fingerprint density at radius 2 is 1.97 bits per heavy atom. The van der Waals surface area contributed by atoms with Crippen molar-refractivity contribution in [2.24, 2.45) is 0 Å². The van der Waals surface area contributed by atoms with Crippen molar-refractivity contribution in [3.8, 4) is 0 Å². The third-order valence-corrected chi connectivity index (χ3v) is 6.64. The third-order valence-electron chi connectivity index (χ3n) is 4.61. The van der Waals surface area contributed by atoms with E-state index in [4.69, 9.17) is 9.40 Å². The number of benzene rings is 2. The fraction of sp³-hybridized carbons (Fsp3) is 0.217. The molecule has 0 fully saturated rings. The van der Waals surface area contributed by atoms with Crippen LogP contribution in [0.25, 0.3) is 10.2 Å². The van der Waals surface area contributed by atoms with Crippen LogP contribution >= 0.6 is 23.1 Å². The number of rotatable bonds is 8. The molecule has 1 amide bonds. The zero-order valence-corrected chi connectivity index (χ0v) is 17.8. The molecule has 2 heterocycles. The molecule has 0 aliphatic carbocycles. The molecule has 0 aliphatic rings. The second-order valence-corrected chi connectivity index (χ2v) is 8.68. The summed E-state index contributed by atoms with van der Waals surface area (Å²) in [7, 11) is 0. The highest BCUT2D eigenvalue weighted by Crippen LogP contribution is 2.31. The molecule has 4 nitrogen and oxygen atoms in total. The number of nitrogens with zero attached hydrogens (tertiary/aromatic N) is 2. The number of hydrogen-bond donors (Lipinski definition) is 0. The number of hydrogen-bond acceptors (Lipinski definition) is 5. The van der Waals surface area contributed by atoms with Gasteiger partial charge < -0.3 is 4.42 Å². The Morgan fingerprint density at radius 1 is 1.10 bits per heavy atom. The first kappa shape index (κ1) is 19.7. The maximum absolute atomic E-state index is 13.1. The van der Waals surface area contributed by atoms with Crippen molar-refractivity contribution in [2.45, 2.75) is 25.6 Å². The van der Waals surface area contributed by atoms with Crippen LogP contribution in [0, 0.1) is 0 Å². The Morgan fingerprint density at radius 3 is 2.72 bits per heavy atom. The van der Waals surface area contributed by atoms with Crippen molar-refractivity contribution in [1.29, 1.82) is 0 Å². The molecule has 0 N–H and O–H groups in total. The van der Waals surface area contributed by atoms with Crippen LogP contribution in [-0.4, -0.2) is 16.6 Å². The maximum Gasteiger partial charge on any atom is 0.239 e. The molecule has 2 aromatic heterocycles. The van der Waals surface area contributed by atoms with E-state index >= 15 is 0 Å². The van der Waals surface area contributed by atoms with Crippen LogP contribution in [-0.2, 0) is 23.5 Å². The van der Waals surface area contributed by atoms with Crippen LogP contribution < -0.4 is 4.90 Å². The van der Waals surface area contributed by atoms with Gasteiger partial charge in [-0.15, -0.1) is 11.8 Å². The van der Waals surface area contributed by atoms with Crippen LogP contribution in [0.1, 0.15) is 23.8 Å². The van der Waals surface area contributed by atoms with Gasteiger partial charge in [-0.25, -0.2) is 4.98 Å². The summed E-state index contributed by atoms with van der Waals surface area (Å²) >= 11 is 3.18. The summed E-state index contributed by atoms with van der Waals surface area (Å²) in [6.07, 6.45) is 2.61. The van der Waals surface area contributed by atoms with E-state index in [-0.39, 0.29) is 5.91 Å². The van der Waals surface area contributed by atoms with Gasteiger partial charge in [-0.3, -0.25) is 9.69 Å². The largest absolute Gasteiger partial charge is 0.467 e. The lowest BCUT2D eigenvalue weighted by molar-refractivity contribution is -0.116. The number of fused-ring (bicyclic) bond motifs is 1. The molecule has 6 heteroatoms. The van der Waals surface area contributed by atoms with E-state index in [2.05, 4.69) is 31.2 Å². The molecular formula is C23H22N2O2S2. The average molecular weight is 423 g/mol. The smallest absolute Gasteiger partial charge is 0.239 e. The van der Waals surface area contributed by atoms with Crippen LogP contribution in [0.5, 0.6) is 0 Å². The minimum absolute atomic E-state index is 0.0390. The Kier molecular flexibility index (Phi) is 6.32. The molecule has 2 aromatic carbocycles. The topological polar surface area (TPSA) is 46.3 Å². The highest BCUT2D eigenvalue weighted by Gasteiger charge is 2.21. The van der Waals surface area contributed by atoms with Gasteiger partial charge in [-0.1, -0.05) is 54.7 Å². The van der Waals surface area contributed by atoms with Gasteiger partial charge in [0, 0.05) is 5.75 Å². The summed E-state index contributed by atoms with van der Waals surface area (Å²) in [5, 5.41) is 0.718. The number of furan rings is 1. The van der Waals surface area contributed by atoms with Crippen molar-refractivity contribution in [2.75, 3.05) is 10.7 Å². The first-order valence-electron chi connectivity index (χ1n) is 9.57. The molecule has 0 unspecified atom stereocenters. The lowest BCUT2D eigenvalue weighted by Gasteiger charge is -2.18. The standard InChI is InChI=1S/C23H22N2O2S2/c1-2-17-10-11-20-21(13-17)29-23(24-20)25(14-19-9-6-12-27-19)22(26)16-28-15-18-7-4-3-5-8-18/h3-13H,2,14-16H2,1H3. The van der Waals surface area contributed by atoms with Gasteiger partial charge >= 0.3 is 0 Å². The van der Waals surface area contributed by atoms with Gasteiger partial charge in [-0.05, 0) is 41.8 Å². The van der Waals surface area contributed by atoms with Crippen molar-refractivity contribution >= 4 is 44.4 Å². The molecule has 0 saturated heterocycles. The average Bonchev–Trinajstić information content (AvgIpc) is 3.41. The van der Waals surface area contributed by atoms with Crippen molar-refractivity contribution in [3.63, 3.8) is 0 Å². The molecule has 0 spiro atoms. The minimum atomic E-state index is 0.0390. The van der Waals surface area contributed by atoms with Gasteiger partial charge in [0.2, 0.25) is 5.91 Å². The summed E-state index contributed by atoms with van der Waals surface area (Å²) in [6, 6.07) is 20.2. The molecular weight excluding hydrogens is 400 g/mol. The number of thiazole rings is 1. The van der Waals surface area contributed by atoms with E-state index in [0.29, 0.717) is 12.3 Å². The summed E-state index contributed by atoms with van der Waals surface area (Å²) in [5.74, 6) is 1.99. The van der Waals surface area contributed by atoms with Crippen LogP contribution in [0.15, 0.2) is 71.3 Å². The Hall–Kier alpha value is -2.57. The monoisotopic (exact) mass is 422 g/mol. The van der Waals surface area contributed by atoms with Crippen molar-refractivity contribution < 1.29 is 9.21 Å². The van der Waals surface area contributed by atoms with E-state index < -0.39 is 0 Å². The quantitative estimate of drug-likeness (QED) is 0.354. The predicted octanol–water partition coefficient (Wildman–Crippen LogP) is 5.92. The van der Waals surface area contributed by atoms with Gasteiger partial charge in [0.05, 0.1) is 28.8 Å². The van der Waals surface area contributed by atoms with Crippen LogP contribution in [0.4, 0.5) is 5.13 Å². The third kappa shape index (κ3) is 4.89. The first-order chi connectivity index (χ1) is 14.2. The zero-order valence-electron chi connectivity index (χ0n) is 16.2. The maximum atomic E-state index is 13.1. The second kappa shape index (κ2) is 9.29. The molecule has 0 atom stereocenters. The van der Waals surface area contributed by atoms with E-state index in [0.717, 1.165) is 33.3 Å². The molecule has 29 heavy (non-hydrogen) atoms. The molecule has 4 aromatic rings. The van der Waals surface area contributed by atoms with Crippen molar-refractivity contribution in [1.82, 2.24) is 4.98 Å². The van der Waals surface area contributed by atoms with Crippen LogP contribution in [0.3, 0.4) is 0 Å². The first-order valence-corrected chi connectivity index (χ1v) is 11.5. The Bertz CT molecular complexity index is 1070. The molecule has 0 saturated carbocycles. The number of aryl methyl sites for hydroxylation is 1. The lowest BCUT2D eigenvalue weighted by atomic mass is 10.2. The molecule has 4 rings (SSSR count). The van der Waals surface area contributed by atoms with Gasteiger partial charge in [-0.2, -0.15) is 0 Å². The Labute approximate surface area is 178 Å². The van der Waals surface area contributed by atoms with E-state index in [9.17, 15) is 4.79 Å². The normalized spacial score (nSPS) is 11.1. The number of thioether (sulfide) groups is 1. The van der Waals surface area contributed by atoms with Crippen molar-refractivity contribution in [3.05, 3.63) is 83.8 Å². The Balaban J connectivity index is 1.53. The zero-order chi connectivity index (χ0) is 20.1. The highest BCUT2D eigenvalue weighted by atomic mass is 32.2. The fourth-order valence-corrected chi connectivity index (χ4v) is 4.93. The van der Waals surface area contributed by atoms with Crippen LogP contribution in [0.2, 0.25) is 0 Å². The summed E-state index contributed by atoms with van der Waals surface area (Å²) < 4.78 is 6.60. The minimum Gasteiger partial charge on any atom is -0.467 e. The van der Waals surface area contributed by atoms with Gasteiger partial charge in [0.1, 0.15) is 5.76 Å². The molecule has 0 bridgehead atoms. The molecule has 148 valence electrons.